The van der Waals surface area contributed by atoms with Gasteiger partial charge in [0.25, 0.3) is 0 Å². The van der Waals surface area contributed by atoms with Crippen LogP contribution in [0, 0.1) is 0 Å². The maximum absolute atomic E-state index is 16.8. The predicted molar refractivity (Wildman–Crippen MR) is 195 cm³/mol. The first-order chi connectivity index (χ1) is 25.6. The number of hydrogen-bond donors (Lipinski definition) is 3. The van der Waals surface area contributed by atoms with Crippen molar-refractivity contribution in [3.8, 4) is 11.5 Å². The molecule has 2 aliphatic rings. The topological polar surface area (TPSA) is 174 Å². The fourth-order valence-electron chi connectivity index (χ4n) is 6.12. The second kappa shape index (κ2) is 17.2. The van der Waals surface area contributed by atoms with Crippen molar-refractivity contribution in [3.05, 3.63) is 101 Å². The minimum absolute atomic E-state index is 0.0182. The number of carbonyl (C=O) groups is 1. The summed E-state index contributed by atoms with van der Waals surface area (Å²) in [6.45, 7) is 0.815. The number of allylic oxidation sites excluding steroid dienone is 2. The molecule has 0 radical (unpaired) electrons. The molecule has 1 saturated heterocycles. The first-order valence-electron chi connectivity index (χ1n) is 17.1. The van der Waals surface area contributed by atoms with Crippen LogP contribution in [0.4, 0.5) is 4.39 Å². The summed E-state index contributed by atoms with van der Waals surface area (Å²) in [6, 6.07) is 16.3. The van der Waals surface area contributed by atoms with Gasteiger partial charge in [0.1, 0.15) is 41.8 Å². The van der Waals surface area contributed by atoms with Crippen LogP contribution in [0.2, 0.25) is 5.02 Å². The Morgan fingerprint density at radius 3 is 2.60 bits per heavy atom. The minimum Gasteiger partial charge on any atom is -0.488 e. The van der Waals surface area contributed by atoms with Crippen LogP contribution < -0.4 is 14.8 Å². The van der Waals surface area contributed by atoms with E-state index in [1.165, 1.54) is 0 Å². The molecule has 1 aromatic heterocycles. The molecular formula is C37H40ClFN4O9S. The van der Waals surface area contributed by atoms with Crippen molar-refractivity contribution >= 4 is 44.0 Å². The molecule has 0 saturated carbocycles. The van der Waals surface area contributed by atoms with Crippen LogP contribution in [-0.2, 0) is 32.5 Å². The number of aliphatic hydroxyl groups is 1. The van der Waals surface area contributed by atoms with Gasteiger partial charge in [-0.25, -0.2) is 17.4 Å². The molecule has 0 spiro atoms. The fourth-order valence-corrected chi connectivity index (χ4v) is 7.64. The number of halogens is 2. The number of nitrogens with zero attached hydrogens (tertiary/aromatic N) is 3. The zero-order chi connectivity index (χ0) is 37.4. The monoisotopic (exact) mass is 770 g/mol. The van der Waals surface area contributed by atoms with Gasteiger partial charge in [0, 0.05) is 44.4 Å². The predicted octanol–water partition coefficient (Wildman–Crippen LogP) is 4.24. The summed E-state index contributed by atoms with van der Waals surface area (Å²) in [6.07, 6.45) is 4.00. The number of aliphatic carboxylic acids is 1. The van der Waals surface area contributed by atoms with Crippen molar-refractivity contribution in [2.24, 2.45) is 0 Å². The second-order valence-electron chi connectivity index (χ2n) is 12.9. The lowest BCUT2D eigenvalue weighted by Crippen LogP contribution is -2.48. The van der Waals surface area contributed by atoms with E-state index in [9.17, 15) is 23.4 Å². The SMILES string of the molecule is O=C(O)C(CO)NCc1cc(Cl)c(OCC2(OCCCN3CCS(=O)(=O)CC3)C=CC=C(c3ccccc3)C2F)cc1OCc1ccc2nonc2c1. The molecule has 0 bridgehead atoms. The molecule has 2 heterocycles. The van der Waals surface area contributed by atoms with Gasteiger partial charge in [0.05, 0.1) is 23.1 Å². The Labute approximate surface area is 310 Å². The van der Waals surface area contributed by atoms with Gasteiger partial charge in [-0.2, -0.15) is 0 Å². The summed E-state index contributed by atoms with van der Waals surface area (Å²) in [7, 11) is -3.01. The first kappa shape index (κ1) is 38.3. The van der Waals surface area contributed by atoms with Crippen molar-refractivity contribution < 1.29 is 46.7 Å². The highest BCUT2D eigenvalue weighted by Crippen LogP contribution is 2.39. The van der Waals surface area contributed by atoms with Gasteiger partial charge < -0.3 is 29.3 Å². The molecule has 6 rings (SSSR count). The molecule has 16 heteroatoms. The van der Waals surface area contributed by atoms with Gasteiger partial charge in [-0.15, -0.1) is 0 Å². The summed E-state index contributed by atoms with van der Waals surface area (Å²) in [4.78, 5) is 13.6. The van der Waals surface area contributed by atoms with Gasteiger partial charge in [0.2, 0.25) is 0 Å². The number of rotatable bonds is 17. The Morgan fingerprint density at radius 1 is 1.08 bits per heavy atom. The largest absolute Gasteiger partial charge is 0.488 e. The number of fused-ring (bicyclic) bond motifs is 1. The van der Waals surface area contributed by atoms with E-state index in [1.807, 2.05) is 30.3 Å². The number of carboxylic acid groups (broad SMARTS) is 1. The highest BCUT2D eigenvalue weighted by molar-refractivity contribution is 7.91. The smallest absolute Gasteiger partial charge is 0.323 e. The van der Waals surface area contributed by atoms with E-state index in [2.05, 4.69) is 20.5 Å². The van der Waals surface area contributed by atoms with E-state index in [-0.39, 0.29) is 48.6 Å². The van der Waals surface area contributed by atoms with Crippen LogP contribution in [0.25, 0.3) is 16.6 Å². The van der Waals surface area contributed by atoms with Crippen molar-refractivity contribution in [1.82, 2.24) is 20.5 Å². The standard InChI is InChI=1S/C37H40ClFN4O9S/c38-29-19-27(21-40-32(22-44)36(45)46)33(49-23-25-9-10-30-31(18-25)42-52-41-30)20-34(29)50-24-37(51-15-5-12-43-13-16-53(47,48)17-14-43)11-4-8-28(35(37)39)26-6-2-1-3-7-26/h1-4,6-11,18-20,32,35,40,44H,5,12-17,21-24H2,(H,45,46). The zero-order valence-corrected chi connectivity index (χ0v) is 30.3. The Balaban J connectivity index is 1.22. The third-order valence-electron chi connectivity index (χ3n) is 9.19. The Kier molecular flexibility index (Phi) is 12.4. The highest BCUT2D eigenvalue weighted by Gasteiger charge is 2.43. The lowest BCUT2D eigenvalue weighted by atomic mass is 9.84. The second-order valence-corrected chi connectivity index (χ2v) is 15.6. The summed E-state index contributed by atoms with van der Waals surface area (Å²) >= 11 is 6.73. The number of nitrogens with one attached hydrogen (secondary N) is 1. The van der Waals surface area contributed by atoms with Gasteiger partial charge in [-0.3, -0.25) is 10.1 Å². The number of ether oxygens (including phenoxy) is 3. The Hall–Kier alpha value is -4.38. The average molecular weight is 771 g/mol. The van der Waals surface area contributed by atoms with Gasteiger partial charge >= 0.3 is 5.97 Å². The molecule has 1 aliphatic carbocycles. The lowest BCUT2D eigenvalue weighted by molar-refractivity contribution is -0.140. The van der Waals surface area contributed by atoms with E-state index < -0.39 is 40.2 Å². The van der Waals surface area contributed by atoms with Crippen LogP contribution in [-0.4, -0.2) is 109 Å². The molecule has 3 N–H and O–H groups in total. The number of sulfone groups is 1. The quantitative estimate of drug-likeness (QED) is 0.130. The molecule has 3 unspecified atom stereocenters. The Morgan fingerprint density at radius 2 is 1.85 bits per heavy atom. The molecule has 4 aromatic rings. The minimum atomic E-state index is -3.01. The normalized spacial score (nSPS) is 20.6. The number of aliphatic hydroxyl groups excluding tert-OH is 1. The van der Waals surface area contributed by atoms with Crippen LogP contribution in [0.15, 0.2) is 83.5 Å². The summed E-state index contributed by atoms with van der Waals surface area (Å²) in [5.74, 6) is -0.522. The van der Waals surface area contributed by atoms with Gasteiger partial charge in [-0.1, -0.05) is 60.2 Å². The van der Waals surface area contributed by atoms with Crippen molar-refractivity contribution in [2.45, 2.75) is 37.4 Å². The van der Waals surface area contributed by atoms with Gasteiger partial charge in [-0.05, 0) is 57.7 Å². The molecule has 3 aromatic carbocycles. The molecule has 3 atom stereocenters. The molecule has 1 fully saturated rings. The molecule has 1 aliphatic heterocycles. The zero-order valence-electron chi connectivity index (χ0n) is 28.7. The van der Waals surface area contributed by atoms with E-state index >= 15 is 4.39 Å². The molecule has 0 amide bonds. The number of benzene rings is 3. The van der Waals surface area contributed by atoms with Crippen molar-refractivity contribution in [2.75, 3.05) is 51.0 Å². The third-order valence-corrected chi connectivity index (χ3v) is 11.1. The average Bonchev–Trinajstić information content (AvgIpc) is 3.63. The van der Waals surface area contributed by atoms with E-state index in [0.29, 0.717) is 59.5 Å². The highest BCUT2D eigenvalue weighted by atomic mass is 35.5. The van der Waals surface area contributed by atoms with E-state index in [4.69, 9.17) is 30.4 Å². The van der Waals surface area contributed by atoms with Crippen molar-refractivity contribution in [1.29, 1.82) is 0 Å². The van der Waals surface area contributed by atoms with E-state index in [1.54, 1.807) is 48.6 Å². The summed E-state index contributed by atoms with van der Waals surface area (Å²) in [5, 5.41) is 29.6. The summed E-state index contributed by atoms with van der Waals surface area (Å²) in [5.41, 5.74) is 1.92. The first-order valence-corrected chi connectivity index (χ1v) is 19.3. The fraction of sp³-hybridized carbons (Fsp3) is 0.378. The number of aromatic nitrogens is 2. The van der Waals surface area contributed by atoms with Crippen molar-refractivity contribution in [3.63, 3.8) is 0 Å². The Bertz CT molecular complexity index is 2050. The van der Waals surface area contributed by atoms with Crippen LogP contribution in [0.5, 0.6) is 11.5 Å². The third kappa shape index (κ3) is 9.60. The van der Waals surface area contributed by atoms with Gasteiger partial charge in [0.15, 0.2) is 21.6 Å². The number of hydrogen-bond acceptors (Lipinski definition) is 12. The molecule has 53 heavy (non-hydrogen) atoms. The maximum atomic E-state index is 16.8. The number of alkyl halides is 1. The van der Waals surface area contributed by atoms with E-state index in [0.717, 1.165) is 5.56 Å². The maximum Gasteiger partial charge on any atom is 0.323 e. The molecular weight excluding hydrogens is 731 g/mol. The summed E-state index contributed by atoms with van der Waals surface area (Å²) < 4.78 is 64.1. The number of carboxylic acids is 1. The van der Waals surface area contributed by atoms with Crippen LogP contribution >= 0.6 is 11.6 Å². The lowest BCUT2D eigenvalue weighted by Gasteiger charge is -2.37. The van der Waals surface area contributed by atoms with Crippen LogP contribution in [0.1, 0.15) is 23.1 Å². The van der Waals surface area contributed by atoms with Crippen LogP contribution in [0.3, 0.4) is 0 Å². The molecule has 13 nitrogen and oxygen atoms in total. The molecule has 282 valence electrons.